The van der Waals surface area contributed by atoms with Gasteiger partial charge in [-0.2, -0.15) is 0 Å². The summed E-state index contributed by atoms with van der Waals surface area (Å²) in [5.74, 6) is 0.768. The van der Waals surface area contributed by atoms with E-state index in [2.05, 4.69) is 48.8 Å². The Balaban J connectivity index is 2.68. The fourth-order valence-corrected chi connectivity index (χ4v) is 2.51. The highest BCUT2D eigenvalue weighted by Gasteiger charge is 2.35. The van der Waals surface area contributed by atoms with Crippen LogP contribution in [0.15, 0.2) is 0 Å². The number of nitrogens with zero attached hydrogens (tertiary/aromatic N) is 2. The smallest absolute Gasteiger partial charge is 0.236 e. The van der Waals surface area contributed by atoms with Crippen LogP contribution in [-0.2, 0) is 4.79 Å². The molecule has 0 aromatic heterocycles. The van der Waals surface area contributed by atoms with Gasteiger partial charge in [0.1, 0.15) is 0 Å². The molecular formula is C11H21BrN2O. The van der Waals surface area contributed by atoms with Crippen molar-refractivity contribution in [3.63, 3.8) is 0 Å². The summed E-state index contributed by atoms with van der Waals surface area (Å²) in [4.78, 5) is 16.1. The van der Waals surface area contributed by atoms with E-state index in [9.17, 15) is 4.79 Å². The molecule has 0 N–H and O–H groups in total. The molecule has 1 aliphatic heterocycles. The van der Waals surface area contributed by atoms with Crippen molar-refractivity contribution < 1.29 is 4.79 Å². The quantitative estimate of drug-likeness (QED) is 0.728. The second-order valence-electron chi connectivity index (χ2n) is 4.86. The zero-order chi connectivity index (χ0) is 11.6. The molecule has 0 aromatic rings. The molecule has 1 saturated heterocycles. The summed E-state index contributed by atoms with van der Waals surface area (Å²) >= 11 is 3.42. The van der Waals surface area contributed by atoms with Gasteiger partial charge in [-0.25, -0.2) is 0 Å². The lowest BCUT2D eigenvalue weighted by atomic mass is 10.0. The van der Waals surface area contributed by atoms with Crippen molar-refractivity contribution >= 4 is 21.8 Å². The lowest BCUT2D eigenvalue weighted by Gasteiger charge is -2.33. The van der Waals surface area contributed by atoms with Gasteiger partial charge in [0, 0.05) is 19.1 Å². The van der Waals surface area contributed by atoms with Crippen LogP contribution in [0.25, 0.3) is 0 Å². The summed E-state index contributed by atoms with van der Waals surface area (Å²) in [7, 11) is 4.11. The van der Waals surface area contributed by atoms with Gasteiger partial charge in [-0.3, -0.25) is 4.79 Å². The number of hydrogen-bond acceptors (Lipinski definition) is 2. The van der Waals surface area contributed by atoms with Crippen LogP contribution in [0.3, 0.4) is 0 Å². The second-order valence-corrected chi connectivity index (χ2v) is 5.97. The Morgan fingerprint density at radius 2 is 2.13 bits per heavy atom. The molecule has 1 rings (SSSR count). The number of carbonyl (C=O) groups excluding carboxylic acids is 1. The van der Waals surface area contributed by atoms with E-state index in [1.165, 1.54) is 0 Å². The highest BCUT2D eigenvalue weighted by atomic mass is 79.9. The van der Waals surface area contributed by atoms with Gasteiger partial charge in [0.25, 0.3) is 0 Å². The van der Waals surface area contributed by atoms with Gasteiger partial charge in [-0.05, 0) is 26.4 Å². The van der Waals surface area contributed by atoms with Gasteiger partial charge >= 0.3 is 0 Å². The Morgan fingerprint density at radius 3 is 2.47 bits per heavy atom. The topological polar surface area (TPSA) is 23.6 Å². The van der Waals surface area contributed by atoms with Crippen molar-refractivity contribution in [2.75, 3.05) is 27.2 Å². The molecule has 0 aliphatic carbocycles. The summed E-state index contributed by atoms with van der Waals surface area (Å²) in [6, 6.07) is 0.343. The Hall–Kier alpha value is -0.0900. The van der Waals surface area contributed by atoms with E-state index in [0.717, 1.165) is 19.5 Å². The van der Waals surface area contributed by atoms with E-state index in [0.29, 0.717) is 12.0 Å². The molecule has 88 valence electrons. The molecule has 0 aromatic carbocycles. The van der Waals surface area contributed by atoms with E-state index in [4.69, 9.17) is 0 Å². The Kier molecular flexibility index (Phi) is 4.59. The van der Waals surface area contributed by atoms with Crippen LogP contribution in [0.4, 0.5) is 0 Å². The van der Waals surface area contributed by atoms with Gasteiger partial charge in [-0.1, -0.05) is 29.8 Å². The Bertz CT molecular complexity index is 231. The first kappa shape index (κ1) is 13.0. The summed E-state index contributed by atoms with van der Waals surface area (Å²) < 4.78 is 0. The third kappa shape index (κ3) is 3.18. The van der Waals surface area contributed by atoms with Crippen LogP contribution in [0.5, 0.6) is 0 Å². The maximum atomic E-state index is 11.9. The molecule has 1 amide bonds. The molecule has 2 atom stereocenters. The van der Waals surface area contributed by atoms with Crippen molar-refractivity contribution in [2.45, 2.75) is 31.1 Å². The zero-order valence-electron chi connectivity index (χ0n) is 10.0. The number of rotatable bonds is 4. The van der Waals surface area contributed by atoms with Gasteiger partial charge in [0.15, 0.2) is 0 Å². The van der Waals surface area contributed by atoms with Crippen molar-refractivity contribution in [3.05, 3.63) is 0 Å². The second kappa shape index (κ2) is 5.30. The Labute approximate surface area is 101 Å². The molecule has 0 bridgehead atoms. The number of carbonyl (C=O) groups is 1. The summed E-state index contributed by atoms with van der Waals surface area (Å²) in [6.07, 6.45) is 0.940. The number of likely N-dealkylation sites (N-methyl/N-ethyl adjacent to an activating group) is 1. The number of halogens is 1. The van der Waals surface area contributed by atoms with Gasteiger partial charge in [0.2, 0.25) is 5.91 Å². The molecular weight excluding hydrogens is 256 g/mol. The van der Waals surface area contributed by atoms with Crippen molar-refractivity contribution in [2.24, 2.45) is 5.92 Å². The highest BCUT2D eigenvalue weighted by molar-refractivity contribution is 9.10. The first-order valence-electron chi connectivity index (χ1n) is 5.52. The number of amides is 1. The largest absolute Gasteiger partial charge is 0.337 e. The van der Waals surface area contributed by atoms with E-state index < -0.39 is 0 Å². The maximum absolute atomic E-state index is 11.9. The van der Waals surface area contributed by atoms with Crippen LogP contribution in [-0.4, -0.2) is 53.8 Å². The number of likely N-dealkylation sites (tertiary alicyclic amines) is 1. The van der Waals surface area contributed by atoms with E-state index in [1.807, 2.05) is 4.90 Å². The zero-order valence-corrected chi connectivity index (χ0v) is 11.6. The molecule has 4 heteroatoms. The third-order valence-electron chi connectivity index (χ3n) is 2.90. The molecule has 15 heavy (non-hydrogen) atoms. The fourth-order valence-electron chi connectivity index (χ4n) is 2.04. The molecule has 3 nitrogen and oxygen atoms in total. The normalized spacial score (nSPS) is 24.3. The van der Waals surface area contributed by atoms with Crippen LogP contribution in [0.1, 0.15) is 20.3 Å². The van der Waals surface area contributed by atoms with Crippen LogP contribution in [0.2, 0.25) is 0 Å². The molecule has 1 heterocycles. The maximum Gasteiger partial charge on any atom is 0.236 e. The van der Waals surface area contributed by atoms with E-state index in [-0.39, 0.29) is 10.7 Å². The predicted octanol–water partition coefficient (Wildman–Crippen LogP) is 1.57. The molecule has 1 aliphatic rings. The average molecular weight is 277 g/mol. The summed E-state index contributed by atoms with van der Waals surface area (Å²) in [5, 5.41) is 0. The lowest BCUT2D eigenvalue weighted by molar-refractivity contribution is -0.130. The minimum Gasteiger partial charge on any atom is -0.337 e. The molecule has 0 saturated carbocycles. The standard InChI is InChI=1S/C11H21BrN2O/c1-8(2)10(7-13(3)4)14-6-5-9(12)11(14)15/h8-10H,5-7H2,1-4H3. The van der Waals surface area contributed by atoms with Crippen LogP contribution >= 0.6 is 15.9 Å². The van der Waals surface area contributed by atoms with E-state index in [1.54, 1.807) is 0 Å². The average Bonchev–Trinajstić information content (AvgIpc) is 2.44. The monoisotopic (exact) mass is 276 g/mol. The lowest BCUT2D eigenvalue weighted by Crippen LogP contribution is -2.46. The number of hydrogen-bond donors (Lipinski definition) is 0. The first-order valence-corrected chi connectivity index (χ1v) is 6.44. The Morgan fingerprint density at radius 1 is 1.53 bits per heavy atom. The number of alkyl halides is 1. The molecule has 1 fully saturated rings. The molecule has 0 spiro atoms. The van der Waals surface area contributed by atoms with Gasteiger partial charge < -0.3 is 9.80 Å². The minimum atomic E-state index is 0.0425. The highest BCUT2D eigenvalue weighted by Crippen LogP contribution is 2.24. The van der Waals surface area contributed by atoms with Crippen molar-refractivity contribution in [1.29, 1.82) is 0 Å². The summed E-state index contributed by atoms with van der Waals surface area (Å²) in [6.45, 7) is 6.21. The van der Waals surface area contributed by atoms with Crippen molar-refractivity contribution in [1.82, 2.24) is 9.80 Å². The van der Waals surface area contributed by atoms with Gasteiger partial charge in [0.05, 0.1) is 4.83 Å². The molecule has 2 unspecified atom stereocenters. The van der Waals surface area contributed by atoms with Crippen molar-refractivity contribution in [3.8, 4) is 0 Å². The van der Waals surface area contributed by atoms with Crippen LogP contribution < -0.4 is 0 Å². The summed E-state index contributed by atoms with van der Waals surface area (Å²) in [5.41, 5.74) is 0. The van der Waals surface area contributed by atoms with Crippen LogP contribution in [0, 0.1) is 5.92 Å². The minimum absolute atomic E-state index is 0.0425. The first-order chi connectivity index (χ1) is 6.93. The molecule has 0 radical (unpaired) electrons. The predicted molar refractivity (Wildman–Crippen MR) is 66.2 cm³/mol. The van der Waals surface area contributed by atoms with Gasteiger partial charge in [-0.15, -0.1) is 0 Å². The SMILES string of the molecule is CC(C)C(CN(C)C)N1CCC(Br)C1=O. The van der Waals surface area contributed by atoms with E-state index >= 15 is 0 Å². The fraction of sp³-hybridized carbons (Fsp3) is 0.909. The third-order valence-corrected chi connectivity index (χ3v) is 3.75.